The number of nitrogens with one attached hydrogen (secondary N) is 2. The standard InChI is InChI=1S/C48H62N6O12S2/c1-8-9-14-25-53-38-17-13-12-16-34(38)47(2,3)40(53)29-33-44(32(45(33)58)28-39-48(4,5)35-27-31(68(63,64)65)19-20-37(35)52(39)7)50-36(30-67(60,61)62)46(59)49-23-26-51(6)24-15-10-11-18-43(57)66-54-41(55)21-22-42(54)56/h12-13,16-17,19-20,27-29,36H,8-11,14-15,18,21-26,30H2,1-7H3,(H3-,49,50,58,59,60,61,62,63,64,65)/p+1. The number of fused-ring (bicyclic) bond motifs is 2. The van der Waals surface area contributed by atoms with Crippen LogP contribution in [0.3, 0.4) is 0 Å². The number of rotatable bonds is 22. The Kier molecular flexibility index (Phi) is 15.7. The number of imide groups is 1. The summed E-state index contributed by atoms with van der Waals surface area (Å²) in [7, 11) is -5.71. The van der Waals surface area contributed by atoms with Gasteiger partial charge in [0.05, 0.1) is 21.6 Å². The summed E-state index contributed by atoms with van der Waals surface area (Å²) in [5.41, 5.74) is 3.78. The molecule has 0 aromatic heterocycles. The molecule has 2 aromatic rings. The summed E-state index contributed by atoms with van der Waals surface area (Å²) in [5, 5.41) is 6.36. The quantitative estimate of drug-likeness (QED) is 0.0414. The van der Waals surface area contributed by atoms with E-state index in [9.17, 15) is 49.9 Å². The van der Waals surface area contributed by atoms with Crippen LogP contribution in [-0.4, -0.2) is 128 Å². The van der Waals surface area contributed by atoms with Gasteiger partial charge in [-0.25, -0.2) is 4.79 Å². The largest absolute Gasteiger partial charge is 0.372 e. The minimum atomic E-state index is -4.76. The molecular formula is C48H63N6O12S2+. The van der Waals surface area contributed by atoms with Crippen LogP contribution in [0.2, 0.25) is 0 Å². The fourth-order valence-electron chi connectivity index (χ4n) is 9.26. The molecule has 4 N–H and O–H groups in total. The molecule has 1 unspecified atom stereocenters. The van der Waals surface area contributed by atoms with Crippen LogP contribution >= 0.6 is 0 Å². The van der Waals surface area contributed by atoms with Crippen molar-refractivity contribution in [1.29, 1.82) is 0 Å². The second kappa shape index (κ2) is 20.6. The Morgan fingerprint density at radius 2 is 1.59 bits per heavy atom. The molecule has 1 aliphatic carbocycles. The van der Waals surface area contributed by atoms with Crippen LogP contribution in [0, 0.1) is 0 Å². The summed E-state index contributed by atoms with van der Waals surface area (Å²) in [6.45, 7) is 11.7. The molecule has 20 heteroatoms. The molecule has 0 radical (unpaired) electrons. The zero-order chi connectivity index (χ0) is 49.9. The minimum absolute atomic E-state index is 0.0143. The Morgan fingerprint density at radius 3 is 2.25 bits per heavy atom. The third-order valence-electron chi connectivity index (χ3n) is 13.1. The van der Waals surface area contributed by atoms with Gasteiger partial charge in [0.2, 0.25) is 11.6 Å². The number of Topliss-reactive ketones (excluding diaryl/α,β-unsaturated/α-hetero) is 1. The molecule has 4 aliphatic rings. The summed E-state index contributed by atoms with van der Waals surface area (Å²) < 4.78 is 71.2. The molecule has 1 atom stereocenters. The predicted molar refractivity (Wildman–Crippen MR) is 254 cm³/mol. The molecule has 18 nitrogen and oxygen atoms in total. The smallest absolute Gasteiger partial charge is 0.333 e. The SMILES string of the molecule is CCCCCN1/C(=C/C2=C(NC(CS(=O)(=O)O)C(=O)NCCN(C)CCCCCC(=O)ON3C(=O)CCC3=O)C(=C/C3=[N+](C)c4ccc(S(=O)(=O)O)cc4C3(C)C)/C2=O)C(C)(C)c2ccccc21. The van der Waals surface area contributed by atoms with E-state index < -0.39 is 66.6 Å². The van der Waals surface area contributed by atoms with E-state index in [0.29, 0.717) is 60.9 Å². The maximum atomic E-state index is 14.6. The molecule has 0 spiro atoms. The molecular weight excluding hydrogens is 917 g/mol. The van der Waals surface area contributed by atoms with E-state index in [1.807, 2.05) is 44.0 Å². The van der Waals surface area contributed by atoms with Gasteiger partial charge in [0.25, 0.3) is 32.1 Å². The van der Waals surface area contributed by atoms with Crippen molar-refractivity contribution in [3.8, 4) is 0 Å². The second-order valence-electron chi connectivity index (χ2n) is 18.8. The Morgan fingerprint density at radius 1 is 0.897 bits per heavy atom. The van der Waals surface area contributed by atoms with Gasteiger partial charge >= 0.3 is 5.97 Å². The van der Waals surface area contributed by atoms with E-state index in [-0.39, 0.29) is 53.3 Å². The Bertz CT molecular complexity index is 2720. The minimum Gasteiger partial charge on any atom is -0.372 e. The third-order valence-corrected chi connectivity index (χ3v) is 14.7. The fraction of sp³-hybridized carbons (Fsp3) is 0.500. The van der Waals surface area contributed by atoms with Gasteiger partial charge in [0.15, 0.2) is 11.5 Å². The highest BCUT2D eigenvalue weighted by Gasteiger charge is 2.47. The van der Waals surface area contributed by atoms with Crippen LogP contribution < -0.4 is 15.5 Å². The lowest BCUT2D eigenvalue weighted by Crippen LogP contribution is -2.51. The van der Waals surface area contributed by atoms with Crippen LogP contribution in [0.15, 0.2) is 82.1 Å². The van der Waals surface area contributed by atoms with Crippen molar-refractivity contribution >= 4 is 66.8 Å². The van der Waals surface area contributed by atoms with Gasteiger partial charge in [0.1, 0.15) is 18.8 Å². The summed E-state index contributed by atoms with van der Waals surface area (Å²) in [6, 6.07) is 10.7. The molecule has 6 rings (SSSR count). The van der Waals surface area contributed by atoms with Crippen molar-refractivity contribution in [1.82, 2.24) is 20.6 Å². The zero-order valence-corrected chi connectivity index (χ0v) is 41.4. The van der Waals surface area contributed by atoms with Crippen molar-refractivity contribution < 1.29 is 59.3 Å². The molecule has 3 amide bonds. The lowest BCUT2D eigenvalue weighted by molar-refractivity contribution is -0.401. The third kappa shape index (κ3) is 11.3. The number of para-hydroxylation sites is 1. The van der Waals surface area contributed by atoms with Gasteiger partial charge in [-0.1, -0.05) is 58.2 Å². The van der Waals surface area contributed by atoms with E-state index >= 15 is 0 Å². The summed E-state index contributed by atoms with van der Waals surface area (Å²) in [6.07, 6.45) is 8.14. The number of allylic oxidation sites excluding steroid dienone is 5. The molecule has 1 saturated heterocycles. The second-order valence-corrected chi connectivity index (χ2v) is 21.7. The monoisotopic (exact) mass is 979 g/mol. The lowest BCUT2D eigenvalue weighted by atomic mass is 9.76. The number of hydrogen-bond acceptors (Lipinski definition) is 13. The van der Waals surface area contributed by atoms with Crippen molar-refractivity contribution in [3.05, 3.63) is 88.3 Å². The molecule has 3 heterocycles. The maximum Gasteiger partial charge on any atom is 0.333 e. The number of carbonyl (C=O) groups is 5. The molecule has 3 aliphatic heterocycles. The number of amides is 3. The topological polar surface area (TPSA) is 240 Å². The van der Waals surface area contributed by atoms with Crippen LogP contribution in [0.5, 0.6) is 0 Å². The van der Waals surface area contributed by atoms with Crippen LogP contribution in [0.4, 0.5) is 11.4 Å². The summed E-state index contributed by atoms with van der Waals surface area (Å²) in [4.78, 5) is 72.9. The average molecular weight is 980 g/mol. The first-order valence-corrected chi connectivity index (χ1v) is 26.0. The van der Waals surface area contributed by atoms with Gasteiger partial charge in [-0.05, 0) is 76.5 Å². The van der Waals surface area contributed by atoms with Crippen LogP contribution in [-0.2, 0) is 59.9 Å². The first kappa shape index (κ1) is 51.8. The maximum absolute atomic E-state index is 14.6. The van der Waals surface area contributed by atoms with Crippen molar-refractivity contribution in [3.63, 3.8) is 0 Å². The number of carbonyl (C=O) groups excluding carboxylic acids is 5. The van der Waals surface area contributed by atoms with E-state index in [4.69, 9.17) is 4.84 Å². The van der Waals surface area contributed by atoms with Crippen molar-refractivity contribution in [2.24, 2.45) is 0 Å². The molecule has 68 heavy (non-hydrogen) atoms. The van der Waals surface area contributed by atoms with Gasteiger partial charge in [0, 0.05) is 79.0 Å². The van der Waals surface area contributed by atoms with Crippen LogP contribution in [0.1, 0.15) is 104 Å². The molecule has 368 valence electrons. The summed E-state index contributed by atoms with van der Waals surface area (Å²) in [5.74, 6) is -3.89. The van der Waals surface area contributed by atoms with Gasteiger partial charge in [-0.15, -0.1) is 5.06 Å². The average Bonchev–Trinajstić information content (AvgIpc) is 3.76. The fourth-order valence-corrected chi connectivity index (χ4v) is 10.4. The Labute approximate surface area is 398 Å². The first-order valence-electron chi connectivity index (χ1n) is 22.9. The van der Waals surface area contributed by atoms with E-state index in [0.717, 1.165) is 36.2 Å². The number of nitrogens with zero attached hydrogens (tertiary/aromatic N) is 4. The highest BCUT2D eigenvalue weighted by molar-refractivity contribution is 7.86. The molecule has 1 fully saturated rings. The Balaban J connectivity index is 1.25. The lowest BCUT2D eigenvalue weighted by Gasteiger charge is -2.32. The highest BCUT2D eigenvalue weighted by Crippen LogP contribution is 2.49. The number of likely N-dealkylation sites (N-methyl/N-ethyl adjacent to an activating group) is 1. The van der Waals surface area contributed by atoms with Crippen LogP contribution in [0.25, 0.3) is 0 Å². The normalized spacial score (nSPS) is 19.3. The number of benzene rings is 2. The van der Waals surface area contributed by atoms with E-state index in [1.54, 1.807) is 29.8 Å². The molecule has 0 saturated carbocycles. The first-order chi connectivity index (χ1) is 31.9. The van der Waals surface area contributed by atoms with Gasteiger partial charge < -0.3 is 25.3 Å². The number of anilines is 1. The molecule has 0 bridgehead atoms. The van der Waals surface area contributed by atoms with Gasteiger partial charge in [-0.2, -0.15) is 21.4 Å². The van der Waals surface area contributed by atoms with E-state index in [1.165, 1.54) is 12.1 Å². The highest BCUT2D eigenvalue weighted by atomic mass is 32.2. The number of ketones is 1. The van der Waals surface area contributed by atoms with Crippen molar-refractivity contribution in [2.75, 3.05) is 50.9 Å². The zero-order valence-electron chi connectivity index (χ0n) is 39.8. The van der Waals surface area contributed by atoms with Gasteiger partial charge in [-0.3, -0.25) is 28.3 Å². The Hall–Kier alpha value is -5.54. The number of hydrogen-bond donors (Lipinski definition) is 4. The van der Waals surface area contributed by atoms with E-state index in [2.05, 4.69) is 42.4 Å². The molecule has 2 aromatic carbocycles. The predicted octanol–water partition coefficient (Wildman–Crippen LogP) is 4.64. The number of unbranched alkanes of at least 4 members (excludes halogenated alkanes) is 4. The summed E-state index contributed by atoms with van der Waals surface area (Å²) >= 11 is 0. The van der Waals surface area contributed by atoms with Crippen molar-refractivity contribution in [2.45, 2.75) is 114 Å². The number of hydroxylamine groups is 2.